The Hall–Kier alpha value is -10.9. The SMILES string of the molecule is CCC(C)C(N)C(=O)NC1CSSCC(C(=O)NC(C(N)=O)C(C)O)NC(=O)[C@H](CCCN=C(N)N)NC(=O)C(Cc2cnc[nH]2)NC(=O)[C@H](Cc2cnc[nH]2)NC(=O)CNC(=O)C(Cc2c[nH]c3ccccc23)NC(=O)C(CC(=O)O)NC(=O)[C@H](CCC(N)=O)NC(=O)C(C(C)C)NC(=O)C(C(C)C)NC1=O. The molecule has 14 atom stereocenters. The van der Waals surface area contributed by atoms with E-state index in [4.69, 9.17) is 28.7 Å². The summed E-state index contributed by atoms with van der Waals surface area (Å²) in [5, 5.41) is 51.4. The first-order chi connectivity index (χ1) is 51.1. The number of carbonyl (C=O) groups is 15. The molecule has 1 aromatic carbocycles. The summed E-state index contributed by atoms with van der Waals surface area (Å²) in [4.78, 5) is 232. The van der Waals surface area contributed by atoms with Crippen LogP contribution in [-0.4, -0.2) is 233 Å². The van der Waals surface area contributed by atoms with Gasteiger partial charge in [-0.2, -0.15) is 0 Å². The van der Waals surface area contributed by atoms with E-state index in [-0.39, 0.29) is 61.7 Å². The monoisotopic (exact) mass is 1550 g/mol. The number of aliphatic carboxylic acids is 1. The Labute approximate surface area is 628 Å². The van der Waals surface area contributed by atoms with Gasteiger partial charge >= 0.3 is 5.97 Å². The number of primary amides is 2. The second kappa shape index (κ2) is 43.1. The number of guanidine groups is 1. The molecule has 1 aliphatic heterocycles. The lowest BCUT2D eigenvalue weighted by Crippen LogP contribution is -2.62. The number of para-hydroxylation sites is 1. The number of rotatable bonds is 25. The zero-order valence-electron chi connectivity index (χ0n) is 60.7. The van der Waals surface area contributed by atoms with Gasteiger partial charge in [0.25, 0.3) is 0 Å². The van der Waals surface area contributed by atoms with E-state index >= 15 is 0 Å². The molecule has 0 saturated carbocycles. The Morgan fingerprint density at radius 2 is 1.14 bits per heavy atom. The molecule has 0 radical (unpaired) electrons. The van der Waals surface area contributed by atoms with Gasteiger partial charge in [-0.05, 0) is 55.6 Å². The molecule has 11 unspecified atom stereocenters. The number of aliphatic imine (C=N–C) groups is 1. The van der Waals surface area contributed by atoms with Crippen molar-refractivity contribution >= 4 is 127 Å². The molecule has 592 valence electrons. The van der Waals surface area contributed by atoms with Crippen molar-refractivity contribution < 1.29 is 82.1 Å². The minimum atomic E-state index is -2.04. The zero-order chi connectivity index (χ0) is 80.1. The van der Waals surface area contributed by atoms with Crippen molar-refractivity contribution in [3.8, 4) is 0 Å². The summed E-state index contributed by atoms with van der Waals surface area (Å²) in [6, 6.07) is -12.7. The molecule has 5 rings (SSSR count). The lowest BCUT2D eigenvalue weighted by molar-refractivity contribution is -0.141. The highest BCUT2D eigenvalue weighted by molar-refractivity contribution is 8.76. The number of carboxylic acids is 1. The molecule has 4 aromatic rings. The largest absolute Gasteiger partial charge is 0.481 e. The molecule has 1 aliphatic rings. The number of aromatic nitrogens is 5. The fourth-order valence-electron chi connectivity index (χ4n) is 10.9. The van der Waals surface area contributed by atoms with E-state index in [1.54, 1.807) is 52.0 Å². The third kappa shape index (κ3) is 28.1. The van der Waals surface area contributed by atoms with Crippen LogP contribution in [0, 0.1) is 17.8 Å². The number of amides is 14. The number of nitrogens with zero attached hydrogens (tertiary/aromatic N) is 3. The third-order valence-electron chi connectivity index (χ3n) is 17.3. The molecule has 1 saturated heterocycles. The van der Waals surface area contributed by atoms with Crippen molar-refractivity contribution in [3.05, 3.63) is 72.5 Å². The quantitative estimate of drug-likeness (QED) is 0.0127. The number of H-pyrrole nitrogens is 3. The van der Waals surface area contributed by atoms with Gasteiger partial charge in [-0.3, -0.25) is 76.9 Å². The minimum absolute atomic E-state index is 0.0154. The number of carbonyl (C=O) groups excluding carboxylic acids is 14. The molecule has 108 heavy (non-hydrogen) atoms. The second-order valence-electron chi connectivity index (χ2n) is 26.5. The van der Waals surface area contributed by atoms with Gasteiger partial charge in [0.2, 0.25) is 82.7 Å². The first-order valence-electron chi connectivity index (χ1n) is 34.7. The summed E-state index contributed by atoms with van der Waals surface area (Å²) in [7, 11) is 1.71. The van der Waals surface area contributed by atoms with Crippen LogP contribution in [0.4, 0.5) is 0 Å². The summed E-state index contributed by atoms with van der Waals surface area (Å²) in [5.74, 6) is -19.4. The third-order valence-corrected chi connectivity index (χ3v) is 19.7. The van der Waals surface area contributed by atoms with E-state index in [1.807, 2.05) is 0 Å². The summed E-state index contributed by atoms with van der Waals surface area (Å²) >= 11 is 0. The number of nitrogens with one attached hydrogen (secondary N) is 15. The van der Waals surface area contributed by atoms with Crippen LogP contribution >= 0.6 is 21.6 Å². The fourth-order valence-corrected chi connectivity index (χ4v) is 13.2. The van der Waals surface area contributed by atoms with Crippen molar-refractivity contribution in [1.29, 1.82) is 0 Å². The first-order valence-corrected chi connectivity index (χ1v) is 37.2. The molecule has 0 bridgehead atoms. The molecule has 3 aromatic heterocycles. The highest BCUT2D eigenvalue weighted by atomic mass is 33.1. The maximum absolute atomic E-state index is 14.9. The van der Waals surface area contributed by atoms with E-state index in [0.29, 0.717) is 22.9 Å². The van der Waals surface area contributed by atoms with Gasteiger partial charge in [-0.25, -0.2) is 9.97 Å². The van der Waals surface area contributed by atoms with Crippen molar-refractivity contribution in [2.75, 3.05) is 24.6 Å². The van der Waals surface area contributed by atoms with Crippen LogP contribution in [0.3, 0.4) is 0 Å². The Kier molecular flexibility index (Phi) is 35.0. The smallest absolute Gasteiger partial charge is 0.305 e. The van der Waals surface area contributed by atoms with E-state index in [2.05, 4.69) is 93.7 Å². The molecule has 27 N–H and O–H groups in total. The Bertz CT molecular complexity index is 3820. The van der Waals surface area contributed by atoms with Gasteiger partial charge in [0.05, 0.1) is 37.8 Å². The molecule has 14 amide bonds. The van der Waals surface area contributed by atoms with Crippen LogP contribution in [0.2, 0.25) is 0 Å². The summed E-state index contributed by atoms with van der Waals surface area (Å²) in [6.45, 7) is 9.74. The van der Waals surface area contributed by atoms with Crippen molar-refractivity contribution in [1.82, 2.24) is 88.7 Å². The lowest BCUT2D eigenvalue weighted by Gasteiger charge is -2.30. The number of hydrogen-bond donors (Lipinski definition) is 22. The number of carboxylic acid groups (broad SMARTS) is 1. The predicted molar refractivity (Wildman–Crippen MR) is 394 cm³/mol. The molecule has 0 aliphatic carbocycles. The Morgan fingerprint density at radius 1 is 0.620 bits per heavy atom. The maximum Gasteiger partial charge on any atom is 0.305 e. The standard InChI is InChI=1S/C66H99N23O17S2/c1-8-32(6)50(68)63(104)86-46-27-108-107-26-45(62(103)89-53(33(7)90)54(69)95)85-56(97)39(14-11-17-74-66(70)71)80-59(100)43(20-36-24-73-29-78-36)83-58(99)42(19-35-23-72-28-77-35)79-48(92)25-76-55(96)41(18-34-22-75-38-13-10-9-12-37(34)38)82-60(101)44(21-49(93)94)84-57(98)40(15-16-47(67)91)81-64(105)51(30(2)3)88-65(106)52(31(4)5)87-61(46)102/h9-10,12-13,22-24,28-33,39-46,50-53,75,90H,8,11,14-21,25-27,68H2,1-7H3,(H2,67,91)(H2,69,95)(H,72,77)(H,73,78)(H,76,96)(H,79,92)(H,80,100)(H,81,105)(H,82,101)(H,83,99)(H,84,98)(H,85,97)(H,86,104)(H,87,102)(H,88,106)(H,89,103)(H,93,94)(H4,70,71,74)/t32?,33?,39-,40-,41?,42-,43?,44?,45?,46?,50?,51?,52?,53?/m0/s1. The van der Waals surface area contributed by atoms with Crippen LogP contribution < -0.4 is 92.5 Å². The molecular weight excluding hydrogens is 1450 g/mol. The van der Waals surface area contributed by atoms with E-state index < -0.39 is 217 Å². The lowest BCUT2D eigenvalue weighted by atomic mass is 9.98. The predicted octanol–water partition coefficient (Wildman–Crippen LogP) is -6.17. The van der Waals surface area contributed by atoms with Crippen molar-refractivity contribution in [3.63, 3.8) is 0 Å². The molecule has 42 heteroatoms. The van der Waals surface area contributed by atoms with Gasteiger partial charge in [-0.15, -0.1) is 0 Å². The Balaban J connectivity index is 1.66. The average Bonchev–Trinajstić information content (AvgIpc) is 1.65. The number of aliphatic hydroxyl groups is 1. The fraction of sp³-hybridized carbons (Fsp3) is 0.545. The average molecular weight is 1550 g/mol. The molecule has 0 spiro atoms. The minimum Gasteiger partial charge on any atom is -0.481 e. The second-order valence-corrected chi connectivity index (χ2v) is 29.1. The van der Waals surface area contributed by atoms with Gasteiger partial charge in [0.15, 0.2) is 5.96 Å². The molecule has 40 nitrogen and oxygen atoms in total. The summed E-state index contributed by atoms with van der Waals surface area (Å²) < 4.78 is 0. The summed E-state index contributed by atoms with van der Waals surface area (Å²) in [6.07, 6.45) is 2.04. The number of aliphatic hydroxyl groups excluding tert-OH is 1. The number of benzene rings is 1. The van der Waals surface area contributed by atoms with Crippen LogP contribution in [0.5, 0.6) is 0 Å². The zero-order valence-corrected chi connectivity index (χ0v) is 62.3. The molecule has 4 heterocycles. The van der Waals surface area contributed by atoms with Crippen molar-refractivity contribution in [2.24, 2.45) is 51.4 Å². The van der Waals surface area contributed by atoms with E-state index in [1.165, 1.54) is 45.1 Å². The van der Waals surface area contributed by atoms with Crippen LogP contribution in [-0.2, 0) is 91.2 Å². The van der Waals surface area contributed by atoms with Gasteiger partial charge in [0, 0.05) is 84.6 Å². The number of nitrogens with two attached hydrogens (primary N) is 5. The van der Waals surface area contributed by atoms with E-state index in [0.717, 1.165) is 28.5 Å². The number of imidazole rings is 2. The highest BCUT2D eigenvalue weighted by Crippen LogP contribution is 2.25. The highest BCUT2D eigenvalue weighted by Gasteiger charge is 2.39. The molecular formula is C66H99N23O17S2. The molecule has 1 fully saturated rings. The normalized spacial score (nSPS) is 23.2. The van der Waals surface area contributed by atoms with Gasteiger partial charge < -0.3 is 118 Å². The van der Waals surface area contributed by atoms with E-state index in [9.17, 15) is 82.1 Å². The van der Waals surface area contributed by atoms with Gasteiger partial charge in [-0.1, -0.05) is 87.8 Å². The topological polar surface area (TPSA) is 656 Å². The number of hydrogen-bond acceptors (Lipinski definition) is 22. The van der Waals surface area contributed by atoms with Gasteiger partial charge in [0.1, 0.15) is 66.5 Å². The summed E-state index contributed by atoms with van der Waals surface area (Å²) in [5.41, 5.74) is 30.2. The number of aromatic amines is 3. The van der Waals surface area contributed by atoms with Crippen LogP contribution in [0.25, 0.3) is 10.9 Å². The van der Waals surface area contributed by atoms with Crippen LogP contribution in [0.15, 0.2) is 60.5 Å². The first kappa shape index (κ1) is 87.8. The number of fused-ring (bicyclic) bond motifs is 1. The van der Waals surface area contributed by atoms with Crippen LogP contribution in [0.1, 0.15) is 104 Å². The maximum atomic E-state index is 14.9. The van der Waals surface area contributed by atoms with Crippen molar-refractivity contribution in [2.45, 2.75) is 185 Å². The Morgan fingerprint density at radius 3 is 1.69 bits per heavy atom.